The van der Waals surface area contributed by atoms with E-state index in [4.69, 9.17) is 0 Å². The van der Waals surface area contributed by atoms with Gasteiger partial charge in [0.05, 0.1) is 0 Å². The summed E-state index contributed by atoms with van der Waals surface area (Å²) >= 11 is 0. The molecule has 0 saturated carbocycles. The summed E-state index contributed by atoms with van der Waals surface area (Å²) in [6.45, 7) is 4.81. The molecular weight excluding hydrogens is 164 g/mol. The van der Waals surface area contributed by atoms with E-state index in [1.807, 2.05) is 0 Å². The third kappa shape index (κ3) is 4.27. The molecule has 3 nitrogen and oxygen atoms in total. The Morgan fingerprint density at radius 1 is 1.69 bits per heavy atom. The Labute approximate surface area is 80.3 Å². The molecule has 1 aliphatic heterocycles. The first-order chi connectivity index (χ1) is 6.18. The van der Waals surface area contributed by atoms with Gasteiger partial charge in [-0.25, -0.2) is 0 Å². The zero-order valence-electron chi connectivity index (χ0n) is 8.60. The molecule has 1 rings (SSSR count). The second-order valence-electron chi connectivity index (χ2n) is 3.97. The van der Waals surface area contributed by atoms with Gasteiger partial charge in [-0.15, -0.1) is 0 Å². The smallest absolute Gasteiger partial charge is 0.217 e. The molecule has 0 aromatic rings. The summed E-state index contributed by atoms with van der Waals surface area (Å²) in [6, 6.07) is 1.01. The van der Waals surface area contributed by atoms with Gasteiger partial charge in [-0.05, 0) is 39.2 Å². The number of amides is 1. The Morgan fingerprint density at radius 2 is 2.46 bits per heavy atom. The van der Waals surface area contributed by atoms with Crippen LogP contribution < -0.4 is 10.6 Å². The molecule has 1 amide bonds. The highest BCUT2D eigenvalue weighted by Crippen LogP contribution is 2.11. The lowest BCUT2D eigenvalue weighted by Crippen LogP contribution is -2.32. The van der Waals surface area contributed by atoms with Crippen LogP contribution in [-0.4, -0.2) is 24.5 Å². The van der Waals surface area contributed by atoms with Crippen molar-refractivity contribution in [1.29, 1.82) is 0 Å². The normalized spacial score (nSPS) is 24.3. The summed E-state index contributed by atoms with van der Waals surface area (Å²) in [5.74, 6) is 0.0758. The summed E-state index contributed by atoms with van der Waals surface area (Å²) in [5.41, 5.74) is 0. The quantitative estimate of drug-likeness (QED) is 0.685. The highest BCUT2D eigenvalue weighted by Gasteiger charge is 2.14. The van der Waals surface area contributed by atoms with Gasteiger partial charge in [-0.3, -0.25) is 4.79 Å². The Kier molecular flexibility index (Phi) is 4.22. The molecule has 0 aromatic carbocycles. The molecule has 2 N–H and O–H groups in total. The largest absolute Gasteiger partial charge is 0.354 e. The van der Waals surface area contributed by atoms with Crippen LogP contribution in [0.1, 0.15) is 39.5 Å². The van der Waals surface area contributed by atoms with Gasteiger partial charge < -0.3 is 10.6 Å². The zero-order chi connectivity index (χ0) is 9.68. The van der Waals surface area contributed by atoms with Crippen LogP contribution in [0.15, 0.2) is 0 Å². The third-order valence-corrected chi connectivity index (χ3v) is 2.56. The van der Waals surface area contributed by atoms with Crippen LogP contribution in [-0.2, 0) is 4.79 Å². The molecule has 0 bridgehead atoms. The lowest BCUT2D eigenvalue weighted by atomic mass is 10.1. The summed E-state index contributed by atoms with van der Waals surface area (Å²) < 4.78 is 0. The first-order valence-corrected chi connectivity index (χ1v) is 5.19. The van der Waals surface area contributed by atoms with E-state index in [0.717, 1.165) is 6.42 Å². The highest BCUT2D eigenvalue weighted by molar-refractivity contribution is 5.73. The van der Waals surface area contributed by atoms with Crippen molar-refractivity contribution in [2.24, 2.45) is 0 Å². The van der Waals surface area contributed by atoms with E-state index >= 15 is 0 Å². The molecule has 13 heavy (non-hydrogen) atoms. The average Bonchev–Trinajstić information content (AvgIpc) is 2.51. The lowest BCUT2D eigenvalue weighted by molar-refractivity contribution is -0.119. The zero-order valence-corrected chi connectivity index (χ0v) is 8.60. The van der Waals surface area contributed by atoms with Crippen molar-refractivity contribution in [3.8, 4) is 0 Å². The fourth-order valence-corrected chi connectivity index (χ4v) is 1.87. The summed E-state index contributed by atoms with van der Waals surface area (Å²) in [5, 5.41) is 6.35. The SMILES string of the molecule is CC(=O)NC(C)CCC1CCCN1. The molecule has 1 fully saturated rings. The molecule has 76 valence electrons. The maximum absolute atomic E-state index is 10.7. The minimum atomic E-state index is 0.0758. The standard InChI is InChI=1S/C10H20N2O/c1-8(12-9(2)13)5-6-10-4-3-7-11-10/h8,10-11H,3-7H2,1-2H3,(H,12,13). The number of hydrogen-bond acceptors (Lipinski definition) is 2. The maximum atomic E-state index is 10.7. The van der Waals surface area contributed by atoms with Crippen molar-refractivity contribution in [2.75, 3.05) is 6.54 Å². The topological polar surface area (TPSA) is 41.1 Å². The number of carbonyl (C=O) groups excluding carboxylic acids is 1. The molecule has 1 aliphatic rings. The molecule has 0 aliphatic carbocycles. The van der Waals surface area contributed by atoms with Crippen molar-refractivity contribution in [3.05, 3.63) is 0 Å². The first-order valence-electron chi connectivity index (χ1n) is 5.19. The van der Waals surface area contributed by atoms with Crippen molar-refractivity contribution in [1.82, 2.24) is 10.6 Å². The number of hydrogen-bond donors (Lipinski definition) is 2. The summed E-state index contributed by atoms with van der Waals surface area (Å²) in [6.07, 6.45) is 4.87. The van der Waals surface area contributed by atoms with Crippen molar-refractivity contribution in [3.63, 3.8) is 0 Å². The predicted octanol–water partition coefficient (Wildman–Crippen LogP) is 1.04. The minimum absolute atomic E-state index is 0.0758. The molecule has 1 saturated heterocycles. The molecule has 2 atom stereocenters. The average molecular weight is 184 g/mol. The molecule has 2 unspecified atom stereocenters. The van der Waals surface area contributed by atoms with Crippen LogP contribution >= 0.6 is 0 Å². The second kappa shape index (κ2) is 5.22. The minimum Gasteiger partial charge on any atom is -0.354 e. The van der Waals surface area contributed by atoms with E-state index < -0.39 is 0 Å². The summed E-state index contributed by atoms with van der Waals surface area (Å²) in [4.78, 5) is 10.7. The van der Waals surface area contributed by atoms with Crippen molar-refractivity contribution >= 4 is 5.91 Å². The first kappa shape index (κ1) is 10.5. The van der Waals surface area contributed by atoms with E-state index in [1.54, 1.807) is 6.92 Å². The van der Waals surface area contributed by atoms with Crippen molar-refractivity contribution < 1.29 is 4.79 Å². The fraction of sp³-hybridized carbons (Fsp3) is 0.900. The van der Waals surface area contributed by atoms with E-state index in [9.17, 15) is 4.79 Å². The molecule has 1 heterocycles. The number of rotatable bonds is 4. The Bertz CT molecular complexity index is 164. The van der Waals surface area contributed by atoms with Crippen LogP contribution in [0.5, 0.6) is 0 Å². The maximum Gasteiger partial charge on any atom is 0.217 e. The van der Waals surface area contributed by atoms with Crippen LogP contribution in [0.3, 0.4) is 0 Å². The van der Waals surface area contributed by atoms with Crippen LogP contribution in [0.2, 0.25) is 0 Å². The molecule has 0 radical (unpaired) electrons. The lowest BCUT2D eigenvalue weighted by Gasteiger charge is -2.15. The van der Waals surface area contributed by atoms with E-state index in [-0.39, 0.29) is 5.91 Å². The second-order valence-corrected chi connectivity index (χ2v) is 3.97. The predicted molar refractivity (Wildman–Crippen MR) is 53.5 cm³/mol. The van der Waals surface area contributed by atoms with E-state index in [1.165, 1.54) is 25.8 Å². The van der Waals surface area contributed by atoms with Crippen LogP contribution in [0.25, 0.3) is 0 Å². The van der Waals surface area contributed by atoms with Gasteiger partial charge in [-0.2, -0.15) is 0 Å². The highest BCUT2D eigenvalue weighted by atomic mass is 16.1. The van der Waals surface area contributed by atoms with E-state index in [2.05, 4.69) is 17.6 Å². The Morgan fingerprint density at radius 3 is 3.00 bits per heavy atom. The van der Waals surface area contributed by atoms with Gasteiger partial charge >= 0.3 is 0 Å². The molecule has 3 heteroatoms. The van der Waals surface area contributed by atoms with Gasteiger partial charge in [0.15, 0.2) is 0 Å². The molecular formula is C10H20N2O. The third-order valence-electron chi connectivity index (χ3n) is 2.56. The van der Waals surface area contributed by atoms with Gasteiger partial charge in [0.1, 0.15) is 0 Å². The number of carbonyl (C=O) groups is 1. The Hall–Kier alpha value is -0.570. The monoisotopic (exact) mass is 184 g/mol. The van der Waals surface area contributed by atoms with Gasteiger partial charge in [0.25, 0.3) is 0 Å². The van der Waals surface area contributed by atoms with Gasteiger partial charge in [0, 0.05) is 19.0 Å². The van der Waals surface area contributed by atoms with Gasteiger partial charge in [0.2, 0.25) is 5.91 Å². The van der Waals surface area contributed by atoms with Crippen LogP contribution in [0, 0.1) is 0 Å². The summed E-state index contributed by atoms with van der Waals surface area (Å²) in [7, 11) is 0. The van der Waals surface area contributed by atoms with Gasteiger partial charge in [-0.1, -0.05) is 0 Å². The Balaban J connectivity index is 2.06. The number of nitrogens with one attached hydrogen (secondary N) is 2. The fourth-order valence-electron chi connectivity index (χ4n) is 1.87. The molecule has 0 spiro atoms. The molecule has 0 aromatic heterocycles. The van der Waals surface area contributed by atoms with Crippen LogP contribution in [0.4, 0.5) is 0 Å². The van der Waals surface area contributed by atoms with E-state index in [0.29, 0.717) is 12.1 Å². The van der Waals surface area contributed by atoms with Crippen molar-refractivity contribution in [2.45, 2.75) is 51.6 Å².